The molecular formula is C43H41F3IrNO2-. The Morgan fingerprint density at radius 2 is 1.34 bits per heavy atom. The number of allylic oxidation sites excluding steroid dienone is 2. The number of aromatic nitrogens is 1. The van der Waals surface area contributed by atoms with Crippen molar-refractivity contribution in [3.05, 3.63) is 127 Å². The number of aliphatic hydroxyl groups is 1. The van der Waals surface area contributed by atoms with E-state index in [0.29, 0.717) is 16.8 Å². The standard InChI is InChI=1S/C30H17F3N.C13H24O2.Ir/c31-30(32,33)28-18-34-29(26-11-5-8-19-6-1-4-10-24(19)26)17-27(28)22-14-15-25-21(16-22)13-12-20-7-2-3-9-23(20)25;1-5-10(6-2)12(14)9-13(15)11(7-3)8-4;/h1-10,12-18H;9-11,14H,5-8H2,1-4H3;/q-1;;/b;12-9-;. The fourth-order valence-electron chi connectivity index (χ4n) is 6.39. The molecular weight excluding hydrogens is 812 g/mol. The van der Waals surface area contributed by atoms with E-state index in [1.165, 1.54) is 12.1 Å². The number of carbonyl (C=O) groups is 1. The van der Waals surface area contributed by atoms with Gasteiger partial charge in [0.1, 0.15) is 0 Å². The minimum absolute atomic E-state index is 0. The summed E-state index contributed by atoms with van der Waals surface area (Å²) in [6.07, 6.45) is 1.32. The van der Waals surface area contributed by atoms with E-state index in [9.17, 15) is 23.1 Å². The van der Waals surface area contributed by atoms with Gasteiger partial charge in [-0.15, -0.1) is 29.1 Å². The predicted octanol–water partition coefficient (Wildman–Crippen LogP) is 12.6. The van der Waals surface area contributed by atoms with Crippen molar-refractivity contribution in [1.29, 1.82) is 0 Å². The number of rotatable bonds is 9. The Bertz CT molecular complexity index is 2110. The van der Waals surface area contributed by atoms with E-state index >= 15 is 0 Å². The minimum Gasteiger partial charge on any atom is -0.512 e. The normalized spacial score (nSPS) is 11.9. The number of benzene rings is 5. The first-order valence-corrected chi connectivity index (χ1v) is 16.9. The molecule has 0 aliphatic carbocycles. The Balaban J connectivity index is 0.000000301. The number of alkyl halides is 3. The van der Waals surface area contributed by atoms with Crippen molar-refractivity contribution in [3.8, 4) is 22.4 Å². The average Bonchev–Trinajstić information content (AvgIpc) is 3.11. The topological polar surface area (TPSA) is 50.2 Å². The third-order valence-electron chi connectivity index (χ3n) is 9.32. The first-order valence-electron chi connectivity index (χ1n) is 16.9. The maximum absolute atomic E-state index is 14.0. The predicted molar refractivity (Wildman–Crippen MR) is 195 cm³/mol. The quantitative estimate of drug-likeness (QED) is 0.0682. The van der Waals surface area contributed by atoms with E-state index in [1.807, 2.05) is 107 Å². The third-order valence-corrected chi connectivity index (χ3v) is 9.32. The van der Waals surface area contributed by atoms with Gasteiger partial charge >= 0.3 is 6.18 Å². The number of pyridine rings is 1. The summed E-state index contributed by atoms with van der Waals surface area (Å²) in [5.74, 6) is 0.547. The van der Waals surface area contributed by atoms with Gasteiger partial charge in [0.25, 0.3) is 0 Å². The molecule has 0 spiro atoms. The van der Waals surface area contributed by atoms with Crippen LogP contribution in [0.2, 0.25) is 0 Å². The SMILES string of the molecule is CCC(CC)C(=O)/C=C(\O)C(CC)CC.FC(F)(F)c1cnc(-c2[c-]ccc3ccccc23)cc1-c1ccc2c(ccc3ccccc32)c1.[Ir]. The van der Waals surface area contributed by atoms with E-state index < -0.39 is 11.7 Å². The summed E-state index contributed by atoms with van der Waals surface area (Å²) in [4.78, 5) is 15.9. The van der Waals surface area contributed by atoms with Gasteiger partial charge in [-0.3, -0.25) is 4.79 Å². The molecule has 1 N–H and O–H groups in total. The largest absolute Gasteiger partial charge is 0.512 e. The van der Waals surface area contributed by atoms with Crippen molar-refractivity contribution in [2.45, 2.75) is 59.6 Å². The molecule has 0 saturated carbocycles. The number of aliphatic hydroxyl groups excluding tert-OH is 1. The van der Waals surface area contributed by atoms with Crippen LogP contribution in [0.4, 0.5) is 13.2 Å². The molecule has 7 heteroatoms. The summed E-state index contributed by atoms with van der Waals surface area (Å²) in [6, 6.07) is 33.6. The summed E-state index contributed by atoms with van der Waals surface area (Å²) < 4.78 is 42.0. The van der Waals surface area contributed by atoms with Gasteiger partial charge in [-0.2, -0.15) is 13.2 Å². The van der Waals surface area contributed by atoms with Crippen LogP contribution in [-0.2, 0) is 31.1 Å². The molecule has 0 amide bonds. The Labute approximate surface area is 305 Å². The van der Waals surface area contributed by atoms with Crippen LogP contribution in [0.15, 0.2) is 115 Å². The van der Waals surface area contributed by atoms with Gasteiger partial charge in [-0.25, -0.2) is 0 Å². The first kappa shape index (κ1) is 38.5. The van der Waals surface area contributed by atoms with Gasteiger partial charge in [0, 0.05) is 44.2 Å². The molecule has 6 aromatic rings. The van der Waals surface area contributed by atoms with Gasteiger partial charge in [0.05, 0.1) is 11.3 Å². The van der Waals surface area contributed by atoms with Crippen molar-refractivity contribution in [2.75, 3.05) is 0 Å². The molecule has 5 aromatic carbocycles. The molecule has 0 atom stereocenters. The van der Waals surface area contributed by atoms with Crippen LogP contribution < -0.4 is 0 Å². The van der Waals surface area contributed by atoms with Crippen LogP contribution in [0.5, 0.6) is 0 Å². The maximum Gasteiger partial charge on any atom is 0.418 e. The van der Waals surface area contributed by atoms with Gasteiger partial charge in [-0.1, -0.05) is 112 Å². The second-order valence-electron chi connectivity index (χ2n) is 12.3. The number of carbonyl (C=O) groups excluding carboxylic acids is 1. The van der Waals surface area contributed by atoms with Crippen molar-refractivity contribution in [2.24, 2.45) is 11.8 Å². The number of hydrogen-bond acceptors (Lipinski definition) is 3. The van der Waals surface area contributed by atoms with E-state index in [0.717, 1.165) is 64.2 Å². The summed E-state index contributed by atoms with van der Waals surface area (Å²) in [7, 11) is 0. The molecule has 0 bridgehead atoms. The van der Waals surface area contributed by atoms with E-state index in [2.05, 4.69) is 11.1 Å². The molecule has 3 nitrogen and oxygen atoms in total. The van der Waals surface area contributed by atoms with Crippen LogP contribution in [0.1, 0.15) is 58.9 Å². The maximum atomic E-state index is 14.0. The van der Waals surface area contributed by atoms with Gasteiger partial charge in [0.2, 0.25) is 0 Å². The molecule has 0 unspecified atom stereocenters. The summed E-state index contributed by atoms with van der Waals surface area (Å²) >= 11 is 0. The van der Waals surface area contributed by atoms with Crippen LogP contribution >= 0.6 is 0 Å². The molecule has 0 aliphatic rings. The van der Waals surface area contributed by atoms with Crippen LogP contribution in [0, 0.1) is 17.9 Å². The zero-order valence-corrected chi connectivity index (χ0v) is 31.0. The molecule has 0 aliphatic heterocycles. The summed E-state index contributed by atoms with van der Waals surface area (Å²) in [5.41, 5.74) is 0.989. The molecule has 1 heterocycles. The Morgan fingerprint density at radius 1 is 0.760 bits per heavy atom. The summed E-state index contributed by atoms with van der Waals surface area (Å²) in [5, 5.41) is 15.7. The molecule has 261 valence electrons. The molecule has 1 aromatic heterocycles. The van der Waals surface area contributed by atoms with Crippen molar-refractivity contribution in [1.82, 2.24) is 4.98 Å². The van der Waals surface area contributed by atoms with E-state index in [-0.39, 0.29) is 49.0 Å². The minimum atomic E-state index is -4.53. The van der Waals surface area contributed by atoms with E-state index in [4.69, 9.17) is 0 Å². The Kier molecular flexibility index (Phi) is 13.1. The fourth-order valence-corrected chi connectivity index (χ4v) is 6.39. The third kappa shape index (κ3) is 8.51. The first-order chi connectivity index (χ1) is 23.6. The average molecular weight is 853 g/mol. The molecule has 50 heavy (non-hydrogen) atoms. The number of nitrogens with zero attached hydrogens (tertiary/aromatic N) is 1. The number of halogens is 3. The van der Waals surface area contributed by atoms with Crippen LogP contribution in [-0.4, -0.2) is 15.9 Å². The second kappa shape index (κ2) is 17.1. The summed E-state index contributed by atoms with van der Waals surface area (Å²) in [6.45, 7) is 8.07. The number of hydrogen-bond donors (Lipinski definition) is 1. The van der Waals surface area contributed by atoms with Crippen molar-refractivity contribution >= 4 is 38.1 Å². The zero-order valence-electron chi connectivity index (χ0n) is 28.6. The Hall–Kier alpha value is -4.32. The fraction of sp³-hybridized carbons (Fsp3) is 0.256. The molecule has 6 rings (SSSR count). The van der Waals surface area contributed by atoms with Crippen molar-refractivity contribution < 1.29 is 43.2 Å². The van der Waals surface area contributed by atoms with Gasteiger partial charge in [0.15, 0.2) is 5.78 Å². The van der Waals surface area contributed by atoms with Crippen LogP contribution in [0.3, 0.4) is 0 Å². The van der Waals surface area contributed by atoms with Crippen LogP contribution in [0.25, 0.3) is 54.7 Å². The second-order valence-corrected chi connectivity index (χ2v) is 12.3. The molecule has 1 radical (unpaired) electrons. The number of ketones is 1. The monoisotopic (exact) mass is 853 g/mol. The van der Waals surface area contributed by atoms with Gasteiger partial charge < -0.3 is 10.1 Å². The number of fused-ring (bicyclic) bond motifs is 4. The smallest absolute Gasteiger partial charge is 0.418 e. The van der Waals surface area contributed by atoms with E-state index in [1.54, 1.807) is 12.1 Å². The van der Waals surface area contributed by atoms with Gasteiger partial charge in [-0.05, 0) is 70.1 Å². The Morgan fingerprint density at radius 3 is 1.98 bits per heavy atom. The molecule has 0 saturated heterocycles. The molecule has 0 fully saturated rings. The van der Waals surface area contributed by atoms with Crippen molar-refractivity contribution in [3.63, 3.8) is 0 Å². The zero-order chi connectivity index (χ0) is 35.1.